The first kappa shape index (κ1) is 28.2. The quantitative estimate of drug-likeness (QED) is 0.0910. The summed E-state index contributed by atoms with van der Waals surface area (Å²) < 4.78 is 9.65. The van der Waals surface area contributed by atoms with Crippen LogP contribution in [0.25, 0.3) is 0 Å². The van der Waals surface area contributed by atoms with E-state index >= 15 is 0 Å². The van der Waals surface area contributed by atoms with Gasteiger partial charge in [0.1, 0.15) is 25.4 Å². The van der Waals surface area contributed by atoms with Gasteiger partial charge in [-0.1, -0.05) is 48.5 Å². The molecule has 2 amide bonds. The molecule has 0 saturated carbocycles. The number of carboxylic acids is 1. The summed E-state index contributed by atoms with van der Waals surface area (Å²) in [5.74, 6) is 2.89. The number of ether oxygens (including phenoxy) is 2. The molecule has 8 N–H and O–H groups in total. The zero-order valence-corrected chi connectivity index (χ0v) is 20.0. The fourth-order valence-corrected chi connectivity index (χ4v) is 3.57. The molecule has 0 bridgehead atoms. The second-order valence-corrected chi connectivity index (χ2v) is 7.85. The summed E-state index contributed by atoms with van der Waals surface area (Å²) in [5.41, 5.74) is 9.74. The van der Waals surface area contributed by atoms with Crippen LogP contribution >= 0.6 is 0 Å². The van der Waals surface area contributed by atoms with Crippen LogP contribution in [0.3, 0.4) is 0 Å². The molecular weight excluding hydrogens is 468 g/mol. The molecule has 0 spiro atoms. The van der Waals surface area contributed by atoms with Gasteiger partial charge in [-0.15, -0.1) is 0 Å². The van der Waals surface area contributed by atoms with E-state index in [4.69, 9.17) is 21.7 Å². The van der Waals surface area contributed by atoms with Gasteiger partial charge in [0.15, 0.2) is 0 Å². The lowest BCUT2D eigenvalue weighted by atomic mass is 10.1. The molecule has 0 saturated heterocycles. The number of methoxy groups -OCH3 is 1. The molecule has 36 heavy (non-hydrogen) atoms. The second kappa shape index (κ2) is 14.4. The highest BCUT2D eigenvalue weighted by atomic mass is 16.5. The molecule has 1 aliphatic rings. The molecule has 12 heteroatoms. The van der Waals surface area contributed by atoms with Gasteiger partial charge in [0.05, 0.1) is 5.84 Å². The van der Waals surface area contributed by atoms with Crippen molar-refractivity contribution in [2.45, 2.75) is 38.0 Å². The normalized spacial score (nSPS) is 14.6. The van der Waals surface area contributed by atoms with E-state index in [9.17, 15) is 19.5 Å². The molecule has 12 nitrogen and oxygen atoms in total. The van der Waals surface area contributed by atoms with Crippen LogP contribution < -0.4 is 27.2 Å². The van der Waals surface area contributed by atoms with Crippen LogP contribution in [0.5, 0.6) is 0 Å². The van der Waals surface area contributed by atoms with Crippen molar-refractivity contribution in [1.29, 1.82) is 5.41 Å². The maximum atomic E-state index is 13.3. The molecule has 2 unspecified atom stereocenters. The molecule has 0 fully saturated rings. The van der Waals surface area contributed by atoms with Gasteiger partial charge in [-0.3, -0.25) is 20.9 Å². The number of hydrazine groups is 1. The van der Waals surface area contributed by atoms with Crippen molar-refractivity contribution in [2.75, 3.05) is 18.7 Å². The number of nitrogens with one attached hydrogen (secondary N) is 3. The summed E-state index contributed by atoms with van der Waals surface area (Å²) in [6.07, 6.45) is -0.540. The average Bonchev–Trinajstić information content (AvgIpc) is 3.26. The zero-order chi connectivity index (χ0) is 26.5. The number of aliphatic carboxylic acids is 1. The van der Waals surface area contributed by atoms with Crippen LogP contribution in [-0.2, 0) is 32.1 Å². The highest BCUT2D eigenvalue weighted by Crippen LogP contribution is 2.33. The second-order valence-electron chi connectivity index (χ2n) is 7.85. The van der Waals surface area contributed by atoms with Crippen molar-refractivity contribution in [2.24, 2.45) is 11.6 Å². The van der Waals surface area contributed by atoms with Crippen LogP contribution in [0.4, 0.5) is 10.5 Å². The average molecular weight is 501 g/mol. The van der Waals surface area contributed by atoms with Crippen LogP contribution in [0.1, 0.15) is 24.0 Å². The molecule has 2 atom stereocenters. The molecule has 3 rings (SSSR count). The van der Waals surface area contributed by atoms with Gasteiger partial charge in [0.2, 0.25) is 0 Å². The molecule has 1 aliphatic heterocycles. The minimum atomic E-state index is -1.14. The number of fused-ring (bicyclic) bond motifs is 1. The van der Waals surface area contributed by atoms with Crippen LogP contribution in [0.2, 0.25) is 0 Å². The Morgan fingerprint density at radius 3 is 2.42 bits per heavy atom. The Morgan fingerprint density at radius 2 is 1.83 bits per heavy atom. The number of alkyl carbamates (subject to hydrolysis) is 1. The largest absolute Gasteiger partial charge is 0.480 e. The van der Waals surface area contributed by atoms with Crippen molar-refractivity contribution in [1.82, 2.24) is 10.7 Å². The lowest BCUT2D eigenvalue weighted by molar-refractivity contribution is -0.140. The first-order valence-corrected chi connectivity index (χ1v) is 11.1. The number of hydrogen-bond acceptors (Lipinski definition) is 8. The minimum absolute atomic E-state index is 0.0184. The molecule has 194 valence electrons. The van der Waals surface area contributed by atoms with Gasteiger partial charge >= 0.3 is 12.1 Å². The highest BCUT2D eigenvalue weighted by Gasteiger charge is 2.41. The molecule has 0 aliphatic carbocycles. The van der Waals surface area contributed by atoms with E-state index in [1.807, 2.05) is 18.2 Å². The Morgan fingerprint density at radius 1 is 1.17 bits per heavy atom. The number of carboxylic acid groups (broad SMARTS) is 1. The Bertz CT molecular complexity index is 1030. The van der Waals surface area contributed by atoms with E-state index in [1.165, 1.54) is 4.90 Å². The predicted octanol–water partition coefficient (Wildman–Crippen LogP) is 1.09. The third-order valence-corrected chi connectivity index (χ3v) is 5.23. The van der Waals surface area contributed by atoms with Crippen molar-refractivity contribution in [3.63, 3.8) is 0 Å². The molecular formula is C24H32N6O6. The van der Waals surface area contributed by atoms with E-state index in [0.717, 1.165) is 11.1 Å². The molecule has 2 aromatic rings. The SMILES string of the molecule is COCNN.N=C(N)CCC(NC(=O)OCc1ccccc1)C(=O)N1c2ccccc2CC1C(=O)O. The van der Waals surface area contributed by atoms with Gasteiger partial charge in [-0.05, 0) is 23.6 Å². The van der Waals surface area contributed by atoms with Crippen molar-refractivity contribution in [3.8, 4) is 0 Å². The number of carbonyl (C=O) groups is 3. The number of rotatable bonds is 10. The lowest BCUT2D eigenvalue weighted by Crippen LogP contribution is -2.53. The molecule has 0 radical (unpaired) electrons. The van der Waals surface area contributed by atoms with Gasteiger partial charge in [0, 0.05) is 25.6 Å². The number of hydrogen-bond donors (Lipinski definition) is 6. The Labute approximate surface area is 209 Å². The van der Waals surface area contributed by atoms with Crippen molar-refractivity contribution < 1.29 is 29.0 Å². The predicted molar refractivity (Wildman–Crippen MR) is 133 cm³/mol. The summed E-state index contributed by atoms with van der Waals surface area (Å²) >= 11 is 0. The third kappa shape index (κ3) is 8.34. The fourth-order valence-electron chi connectivity index (χ4n) is 3.57. The number of nitrogens with zero attached hydrogens (tertiary/aromatic N) is 1. The number of benzene rings is 2. The number of amides is 2. The lowest BCUT2D eigenvalue weighted by Gasteiger charge is -2.28. The summed E-state index contributed by atoms with van der Waals surface area (Å²) in [6.45, 7) is 0.435. The maximum absolute atomic E-state index is 13.3. The van der Waals surface area contributed by atoms with Gasteiger partial charge in [0.25, 0.3) is 5.91 Å². The van der Waals surface area contributed by atoms with Gasteiger partial charge in [-0.25, -0.2) is 15.0 Å². The number of nitrogens with two attached hydrogens (primary N) is 2. The van der Waals surface area contributed by atoms with Gasteiger partial charge in [-0.2, -0.15) is 0 Å². The first-order valence-electron chi connectivity index (χ1n) is 11.1. The van der Waals surface area contributed by atoms with E-state index in [1.54, 1.807) is 43.5 Å². The Hall–Kier alpha value is -4.00. The van der Waals surface area contributed by atoms with Crippen molar-refractivity contribution >= 4 is 29.5 Å². The number of anilines is 1. The van der Waals surface area contributed by atoms with Crippen LogP contribution in [0.15, 0.2) is 54.6 Å². The summed E-state index contributed by atoms with van der Waals surface area (Å²) in [6, 6.07) is 13.8. The van der Waals surface area contributed by atoms with E-state index in [0.29, 0.717) is 12.4 Å². The third-order valence-electron chi connectivity index (χ3n) is 5.23. The minimum Gasteiger partial charge on any atom is -0.480 e. The first-order chi connectivity index (χ1) is 17.3. The van der Waals surface area contributed by atoms with Crippen LogP contribution in [-0.4, -0.2) is 54.8 Å². The number of amidine groups is 1. The summed E-state index contributed by atoms with van der Waals surface area (Å²) in [5, 5.41) is 19.6. The van der Waals surface area contributed by atoms with E-state index in [2.05, 4.69) is 15.5 Å². The molecule has 0 aromatic heterocycles. The topological polar surface area (TPSA) is 193 Å². The van der Waals surface area contributed by atoms with Crippen LogP contribution in [0, 0.1) is 5.41 Å². The standard InChI is InChI=1S/C22H24N4O5.C2H8N2O/c23-19(24)11-10-16(25-22(30)31-13-14-6-2-1-3-7-14)20(27)26-17-9-5-4-8-15(17)12-18(26)21(28)29;1-5-2-4-3/h1-9,16,18H,10-13H2,(H3,23,24)(H,25,30)(H,28,29);4H,2-3H2,1H3. The highest BCUT2D eigenvalue weighted by molar-refractivity contribution is 6.05. The number of para-hydroxylation sites is 1. The van der Waals surface area contributed by atoms with Gasteiger partial charge < -0.3 is 25.6 Å². The Kier molecular flexibility index (Phi) is 11.3. The molecule has 2 aromatic carbocycles. The van der Waals surface area contributed by atoms with Crippen molar-refractivity contribution in [3.05, 3.63) is 65.7 Å². The maximum Gasteiger partial charge on any atom is 0.408 e. The zero-order valence-electron chi connectivity index (χ0n) is 20.0. The smallest absolute Gasteiger partial charge is 0.408 e. The summed E-state index contributed by atoms with van der Waals surface area (Å²) in [4.78, 5) is 38.7. The Balaban J connectivity index is 0.000000830. The summed E-state index contributed by atoms with van der Waals surface area (Å²) in [7, 11) is 1.57. The number of carbonyl (C=O) groups excluding carboxylic acids is 2. The monoisotopic (exact) mass is 500 g/mol. The van der Waals surface area contributed by atoms with E-state index < -0.39 is 30.1 Å². The molecule has 1 heterocycles. The fraction of sp³-hybridized carbons (Fsp3) is 0.333. The van der Waals surface area contributed by atoms with E-state index in [-0.39, 0.29) is 31.7 Å².